The molecule has 0 aliphatic rings. The predicted molar refractivity (Wildman–Crippen MR) is 66.4 cm³/mol. The molecular formula is C10H27N3Si. The average Bonchev–Trinajstić information content (AvgIpc) is 2.04. The van der Waals surface area contributed by atoms with E-state index >= 15 is 0 Å². The molecule has 0 saturated carbocycles. The van der Waals surface area contributed by atoms with Crippen LogP contribution in [-0.2, 0) is 0 Å². The van der Waals surface area contributed by atoms with Gasteiger partial charge in [0.2, 0.25) is 0 Å². The minimum atomic E-state index is -1.76. The normalized spacial score (nSPS) is 13.7. The summed E-state index contributed by atoms with van der Waals surface area (Å²) >= 11 is 0. The molecule has 0 rings (SSSR count). The molecule has 14 heavy (non-hydrogen) atoms. The monoisotopic (exact) mass is 217 g/mol. The number of hydrogen-bond acceptors (Lipinski definition) is 3. The zero-order valence-electron chi connectivity index (χ0n) is 10.8. The maximum atomic E-state index is 3.69. The summed E-state index contributed by atoms with van der Waals surface area (Å²) in [6.07, 6.45) is 0. The SMILES string of the molecule is CN[Si](NC)(NCC(C)C)C(C)(C)C. The van der Waals surface area contributed by atoms with E-state index in [0.29, 0.717) is 5.92 Å². The number of hydrogen-bond donors (Lipinski definition) is 3. The second-order valence-electron chi connectivity index (χ2n) is 5.27. The topological polar surface area (TPSA) is 36.1 Å². The van der Waals surface area contributed by atoms with E-state index in [9.17, 15) is 0 Å². The van der Waals surface area contributed by atoms with E-state index in [-0.39, 0.29) is 5.04 Å². The van der Waals surface area contributed by atoms with Gasteiger partial charge in [-0.1, -0.05) is 34.6 Å². The Labute approximate surface area is 90.3 Å². The molecule has 3 nitrogen and oxygen atoms in total. The smallest absolute Gasteiger partial charge is 0.286 e. The summed E-state index contributed by atoms with van der Waals surface area (Å²) < 4.78 is 0. The fourth-order valence-corrected chi connectivity index (χ4v) is 5.02. The Morgan fingerprint density at radius 2 is 1.50 bits per heavy atom. The van der Waals surface area contributed by atoms with Crippen LogP contribution in [0.15, 0.2) is 0 Å². The van der Waals surface area contributed by atoms with Crippen LogP contribution in [0.2, 0.25) is 5.04 Å². The minimum Gasteiger partial charge on any atom is -0.316 e. The van der Waals surface area contributed by atoms with Crippen molar-refractivity contribution in [2.75, 3.05) is 20.6 Å². The molecule has 0 atom stereocenters. The summed E-state index contributed by atoms with van der Waals surface area (Å²) in [6, 6.07) is 0. The van der Waals surface area contributed by atoms with Gasteiger partial charge in [-0.15, -0.1) is 0 Å². The highest BCUT2D eigenvalue weighted by Gasteiger charge is 2.43. The first kappa shape index (κ1) is 14.1. The van der Waals surface area contributed by atoms with Gasteiger partial charge in [-0.3, -0.25) is 0 Å². The van der Waals surface area contributed by atoms with Crippen LogP contribution in [0.5, 0.6) is 0 Å². The van der Waals surface area contributed by atoms with Gasteiger partial charge in [-0.25, -0.2) is 0 Å². The van der Waals surface area contributed by atoms with Crippen LogP contribution in [0.25, 0.3) is 0 Å². The Balaban J connectivity index is 4.55. The molecule has 4 heteroatoms. The highest BCUT2D eigenvalue weighted by molar-refractivity contribution is 6.75. The molecule has 0 unspecified atom stereocenters. The number of rotatable bonds is 5. The second-order valence-corrected chi connectivity index (χ2v) is 9.63. The Bertz CT molecular complexity index is 159. The van der Waals surface area contributed by atoms with E-state index < -0.39 is 8.56 Å². The summed E-state index contributed by atoms with van der Waals surface area (Å²) in [4.78, 5) is 10.6. The molecule has 0 saturated heterocycles. The molecule has 0 aliphatic heterocycles. The zero-order valence-corrected chi connectivity index (χ0v) is 11.8. The lowest BCUT2D eigenvalue weighted by atomic mass is 10.2. The standard InChI is InChI=1S/C10H27N3Si/c1-9(2)8-13-14(11-6,12-7)10(3,4)5/h9,11-13H,8H2,1-7H3. The second kappa shape index (κ2) is 5.26. The first-order valence-corrected chi connectivity index (χ1v) is 7.42. The van der Waals surface area contributed by atoms with Crippen LogP contribution in [0.3, 0.4) is 0 Å². The Kier molecular flexibility index (Phi) is 5.29. The number of nitrogens with one attached hydrogen (secondary N) is 3. The molecule has 0 aromatic carbocycles. The van der Waals surface area contributed by atoms with Crippen LogP contribution in [0, 0.1) is 5.92 Å². The van der Waals surface area contributed by atoms with Crippen molar-refractivity contribution in [2.24, 2.45) is 5.92 Å². The molecule has 3 N–H and O–H groups in total. The fourth-order valence-electron chi connectivity index (χ4n) is 1.67. The minimum absolute atomic E-state index is 0.255. The van der Waals surface area contributed by atoms with Gasteiger partial charge >= 0.3 is 0 Å². The van der Waals surface area contributed by atoms with Crippen LogP contribution in [0.1, 0.15) is 34.6 Å². The summed E-state index contributed by atoms with van der Waals surface area (Å²) in [5.74, 6) is 0.686. The first-order chi connectivity index (χ1) is 6.29. The molecule has 0 bridgehead atoms. The van der Waals surface area contributed by atoms with E-state index in [0.717, 1.165) is 6.54 Å². The van der Waals surface area contributed by atoms with E-state index in [1.54, 1.807) is 0 Å². The Hall–Kier alpha value is 0.0969. The van der Waals surface area contributed by atoms with Crippen molar-refractivity contribution in [1.82, 2.24) is 14.9 Å². The highest BCUT2D eigenvalue weighted by atomic mass is 28.4. The van der Waals surface area contributed by atoms with Crippen molar-refractivity contribution >= 4 is 8.56 Å². The van der Waals surface area contributed by atoms with Gasteiger partial charge in [0.05, 0.1) is 0 Å². The molecule has 0 fully saturated rings. The van der Waals surface area contributed by atoms with Crippen molar-refractivity contribution in [3.05, 3.63) is 0 Å². The van der Waals surface area contributed by atoms with Crippen molar-refractivity contribution in [2.45, 2.75) is 39.7 Å². The summed E-state index contributed by atoms with van der Waals surface area (Å²) in [7, 11) is 2.33. The van der Waals surface area contributed by atoms with Gasteiger partial charge in [0, 0.05) is 0 Å². The molecule has 0 amide bonds. The van der Waals surface area contributed by atoms with E-state index in [1.807, 2.05) is 14.1 Å². The maximum absolute atomic E-state index is 3.69. The van der Waals surface area contributed by atoms with Crippen molar-refractivity contribution < 1.29 is 0 Å². The molecule has 0 aromatic rings. The third kappa shape index (κ3) is 3.35. The Morgan fingerprint density at radius 1 is 1.07 bits per heavy atom. The largest absolute Gasteiger partial charge is 0.316 e. The molecule has 0 radical (unpaired) electrons. The van der Waals surface area contributed by atoms with Gasteiger partial charge < -0.3 is 14.9 Å². The van der Waals surface area contributed by atoms with E-state index in [4.69, 9.17) is 0 Å². The van der Waals surface area contributed by atoms with Crippen LogP contribution >= 0.6 is 0 Å². The summed E-state index contributed by atoms with van der Waals surface area (Å²) in [5, 5.41) is 0.255. The first-order valence-electron chi connectivity index (χ1n) is 5.42. The third-order valence-corrected chi connectivity index (χ3v) is 7.13. The lowest BCUT2D eigenvalue weighted by molar-refractivity contribution is 0.569. The molecule has 0 heterocycles. The van der Waals surface area contributed by atoms with Gasteiger partial charge in [-0.05, 0) is 31.6 Å². The van der Waals surface area contributed by atoms with Gasteiger partial charge in [-0.2, -0.15) is 0 Å². The summed E-state index contributed by atoms with van der Waals surface area (Å²) in [6.45, 7) is 12.4. The zero-order chi connectivity index (χ0) is 11.4. The van der Waals surface area contributed by atoms with Crippen LogP contribution in [0.4, 0.5) is 0 Å². The highest BCUT2D eigenvalue weighted by Crippen LogP contribution is 2.29. The lowest BCUT2D eigenvalue weighted by Crippen LogP contribution is -2.75. The third-order valence-electron chi connectivity index (χ3n) is 2.65. The average molecular weight is 217 g/mol. The molecule has 0 aromatic heterocycles. The summed E-state index contributed by atoms with van der Waals surface area (Å²) in [5.41, 5.74) is 0. The molecule has 0 aliphatic carbocycles. The fraction of sp³-hybridized carbons (Fsp3) is 1.00. The van der Waals surface area contributed by atoms with Crippen molar-refractivity contribution in [3.8, 4) is 0 Å². The lowest BCUT2D eigenvalue weighted by Gasteiger charge is -2.42. The van der Waals surface area contributed by atoms with Crippen LogP contribution in [-0.4, -0.2) is 29.2 Å². The van der Waals surface area contributed by atoms with Crippen molar-refractivity contribution in [3.63, 3.8) is 0 Å². The maximum Gasteiger partial charge on any atom is 0.286 e. The Morgan fingerprint density at radius 3 is 1.71 bits per heavy atom. The van der Waals surface area contributed by atoms with E-state index in [2.05, 4.69) is 49.6 Å². The van der Waals surface area contributed by atoms with Gasteiger partial charge in [0.1, 0.15) is 0 Å². The van der Waals surface area contributed by atoms with Crippen molar-refractivity contribution in [1.29, 1.82) is 0 Å². The quantitative estimate of drug-likeness (QED) is 0.610. The van der Waals surface area contributed by atoms with Crippen LogP contribution < -0.4 is 14.9 Å². The van der Waals surface area contributed by atoms with E-state index in [1.165, 1.54) is 0 Å². The van der Waals surface area contributed by atoms with Gasteiger partial charge in [0.15, 0.2) is 0 Å². The molecular weight excluding hydrogens is 190 g/mol. The predicted octanol–water partition coefficient (Wildman–Crippen LogP) is 1.41. The molecule has 0 spiro atoms. The molecule has 86 valence electrons. The van der Waals surface area contributed by atoms with Gasteiger partial charge in [0.25, 0.3) is 8.56 Å².